The van der Waals surface area contributed by atoms with Crippen LogP contribution in [-0.4, -0.2) is 18.0 Å². The highest BCUT2D eigenvalue weighted by atomic mass is 16.1. The first-order valence-electron chi connectivity index (χ1n) is 7.56. The average Bonchev–Trinajstić information content (AvgIpc) is 2.69. The molecule has 0 aromatic heterocycles. The highest BCUT2D eigenvalue weighted by Crippen LogP contribution is 2.38. The van der Waals surface area contributed by atoms with Crippen LogP contribution in [-0.2, 0) is 0 Å². The molecular weight excluding hydrogens is 248 g/mol. The van der Waals surface area contributed by atoms with E-state index in [9.17, 15) is 4.79 Å². The SMILES string of the molecule is CC(C)NC(=O)c1ccc(NC2CCCC2(C)C)cc1. The molecule has 1 aromatic carbocycles. The molecule has 0 spiro atoms. The predicted molar refractivity (Wildman–Crippen MR) is 84.1 cm³/mol. The van der Waals surface area contributed by atoms with E-state index >= 15 is 0 Å². The molecule has 110 valence electrons. The van der Waals surface area contributed by atoms with Crippen molar-refractivity contribution in [2.75, 3.05) is 5.32 Å². The summed E-state index contributed by atoms with van der Waals surface area (Å²) < 4.78 is 0. The third-order valence-corrected chi connectivity index (χ3v) is 4.16. The average molecular weight is 274 g/mol. The van der Waals surface area contributed by atoms with Gasteiger partial charge in [0, 0.05) is 23.3 Å². The van der Waals surface area contributed by atoms with Crippen molar-refractivity contribution in [3.05, 3.63) is 29.8 Å². The number of rotatable bonds is 4. The van der Waals surface area contributed by atoms with Crippen LogP contribution in [0.4, 0.5) is 5.69 Å². The minimum Gasteiger partial charge on any atom is -0.382 e. The molecule has 2 rings (SSSR count). The van der Waals surface area contributed by atoms with E-state index in [4.69, 9.17) is 0 Å². The molecule has 0 radical (unpaired) electrons. The number of carbonyl (C=O) groups is 1. The highest BCUT2D eigenvalue weighted by molar-refractivity contribution is 5.94. The van der Waals surface area contributed by atoms with Gasteiger partial charge in [-0.2, -0.15) is 0 Å². The van der Waals surface area contributed by atoms with Crippen LogP contribution in [0.15, 0.2) is 24.3 Å². The molecule has 0 bridgehead atoms. The van der Waals surface area contributed by atoms with Crippen molar-refractivity contribution in [3.8, 4) is 0 Å². The Labute approximate surface area is 122 Å². The first-order valence-corrected chi connectivity index (χ1v) is 7.56. The third kappa shape index (κ3) is 3.53. The summed E-state index contributed by atoms with van der Waals surface area (Å²) in [6, 6.07) is 8.48. The molecule has 1 aliphatic rings. The number of nitrogens with one attached hydrogen (secondary N) is 2. The van der Waals surface area contributed by atoms with Gasteiger partial charge in [0.2, 0.25) is 0 Å². The molecule has 3 heteroatoms. The van der Waals surface area contributed by atoms with Crippen LogP contribution in [0.3, 0.4) is 0 Å². The fraction of sp³-hybridized carbons (Fsp3) is 0.588. The topological polar surface area (TPSA) is 41.1 Å². The van der Waals surface area contributed by atoms with Crippen LogP contribution in [0.1, 0.15) is 57.3 Å². The molecule has 2 N–H and O–H groups in total. The lowest BCUT2D eigenvalue weighted by molar-refractivity contribution is 0.0943. The summed E-state index contributed by atoms with van der Waals surface area (Å²) in [5, 5.41) is 6.51. The maximum Gasteiger partial charge on any atom is 0.251 e. The van der Waals surface area contributed by atoms with Gasteiger partial charge in [0.15, 0.2) is 0 Å². The summed E-state index contributed by atoms with van der Waals surface area (Å²) in [5.74, 6) is -0.00672. The van der Waals surface area contributed by atoms with Crippen molar-refractivity contribution < 1.29 is 4.79 Å². The second-order valence-corrected chi connectivity index (χ2v) is 6.78. The molecule has 1 aromatic rings. The van der Waals surface area contributed by atoms with E-state index in [-0.39, 0.29) is 11.9 Å². The number of benzene rings is 1. The molecule has 20 heavy (non-hydrogen) atoms. The standard InChI is InChI=1S/C17H26N2O/c1-12(2)18-16(20)13-7-9-14(10-8-13)19-15-6-5-11-17(15,3)4/h7-10,12,15,19H,5-6,11H2,1-4H3,(H,18,20). The molecule has 1 amide bonds. The number of amides is 1. The fourth-order valence-electron chi connectivity index (χ4n) is 2.86. The van der Waals surface area contributed by atoms with E-state index in [1.165, 1.54) is 19.3 Å². The van der Waals surface area contributed by atoms with Crippen molar-refractivity contribution in [2.45, 2.75) is 59.0 Å². The lowest BCUT2D eigenvalue weighted by Gasteiger charge is -2.28. The monoisotopic (exact) mass is 274 g/mol. The normalized spacial score (nSPS) is 20.9. The van der Waals surface area contributed by atoms with Gasteiger partial charge < -0.3 is 10.6 Å². The Bertz CT molecular complexity index is 462. The van der Waals surface area contributed by atoms with Crippen LogP contribution in [0.2, 0.25) is 0 Å². The number of hydrogen-bond acceptors (Lipinski definition) is 2. The van der Waals surface area contributed by atoms with Crippen molar-refractivity contribution in [1.29, 1.82) is 0 Å². The molecule has 0 saturated heterocycles. The minimum atomic E-state index is -0.00672. The summed E-state index contributed by atoms with van der Waals surface area (Å²) in [5.41, 5.74) is 2.18. The maximum atomic E-state index is 11.9. The Kier molecular flexibility index (Phi) is 4.36. The van der Waals surface area contributed by atoms with Gasteiger partial charge in [0.05, 0.1) is 0 Å². The third-order valence-electron chi connectivity index (χ3n) is 4.16. The molecule has 0 aliphatic heterocycles. The van der Waals surface area contributed by atoms with Crippen molar-refractivity contribution in [1.82, 2.24) is 5.32 Å². The van der Waals surface area contributed by atoms with Gasteiger partial charge in [-0.1, -0.05) is 20.3 Å². The predicted octanol–water partition coefficient (Wildman–Crippen LogP) is 3.82. The van der Waals surface area contributed by atoms with Crippen LogP contribution in [0.5, 0.6) is 0 Å². The van der Waals surface area contributed by atoms with Crippen molar-refractivity contribution in [2.24, 2.45) is 5.41 Å². The smallest absolute Gasteiger partial charge is 0.251 e. The lowest BCUT2D eigenvalue weighted by atomic mass is 9.87. The van der Waals surface area contributed by atoms with Gasteiger partial charge in [-0.05, 0) is 56.4 Å². The second-order valence-electron chi connectivity index (χ2n) is 6.78. The highest BCUT2D eigenvalue weighted by Gasteiger charge is 2.34. The number of anilines is 1. The molecule has 1 aliphatic carbocycles. The van der Waals surface area contributed by atoms with Crippen LogP contribution < -0.4 is 10.6 Å². The number of hydrogen-bond donors (Lipinski definition) is 2. The molecule has 0 heterocycles. The summed E-state index contributed by atoms with van der Waals surface area (Å²) in [7, 11) is 0. The van der Waals surface area contributed by atoms with Gasteiger partial charge >= 0.3 is 0 Å². The van der Waals surface area contributed by atoms with Crippen LogP contribution in [0.25, 0.3) is 0 Å². The largest absolute Gasteiger partial charge is 0.382 e. The van der Waals surface area contributed by atoms with E-state index < -0.39 is 0 Å². The summed E-state index contributed by atoms with van der Waals surface area (Å²) in [4.78, 5) is 11.9. The van der Waals surface area contributed by atoms with Crippen molar-refractivity contribution in [3.63, 3.8) is 0 Å². The molecule has 1 saturated carbocycles. The second kappa shape index (κ2) is 5.86. The molecule has 1 unspecified atom stereocenters. The molecular formula is C17H26N2O. The quantitative estimate of drug-likeness (QED) is 0.876. The van der Waals surface area contributed by atoms with Gasteiger partial charge in [-0.3, -0.25) is 4.79 Å². The Morgan fingerprint density at radius 2 is 1.90 bits per heavy atom. The first kappa shape index (κ1) is 14.9. The Hall–Kier alpha value is -1.51. The van der Waals surface area contributed by atoms with Gasteiger partial charge in [0.1, 0.15) is 0 Å². The van der Waals surface area contributed by atoms with E-state index in [1.54, 1.807) is 0 Å². The summed E-state index contributed by atoms with van der Waals surface area (Å²) >= 11 is 0. The first-order chi connectivity index (χ1) is 9.38. The zero-order chi connectivity index (χ0) is 14.8. The Morgan fingerprint density at radius 3 is 2.40 bits per heavy atom. The van der Waals surface area contributed by atoms with E-state index in [1.807, 2.05) is 38.1 Å². The molecule has 3 nitrogen and oxygen atoms in total. The summed E-state index contributed by atoms with van der Waals surface area (Å²) in [6.07, 6.45) is 3.79. The van der Waals surface area contributed by atoms with E-state index in [0.717, 1.165) is 11.3 Å². The van der Waals surface area contributed by atoms with E-state index in [0.29, 0.717) is 11.5 Å². The minimum absolute atomic E-state index is 0.00672. The Morgan fingerprint density at radius 1 is 1.25 bits per heavy atom. The summed E-state index contributed by atoms with van der Waals surface area (Å²) in [6.45, 7) is 8.58. The van der Waals surface area contributed by atoms with Gasteiger partial charge in [0.25, 0.3) is 5.91 Å². The van der Waals surface area contributed by atoms with Gasteiger partial charge in [-0.25, -0.2) is 0 Å². The zero-order valence-corrected chi connectivity index (χ0v) is 13.0. The number of carbonyl (C=O) groups excluding carboxylic acids is 1. The van der Waals surface area contributed by atoms with Crippen molar-refractivity contribution >= 4 is 11.6 Å². The lowest BCUT2D eigenvalue weighted by Crippen LogP contribution is -2.31. The van der Waals surface area contributed by atoms with E-state index in [2.05, 4.69) is 24.5 Å². The Balaban J connectivity index is 2.00. The van der Waals surface area contributed by atoms with Gasteiger partial charge in [-0.15, -0.1) is 0 Å². The molecule has 1 atom stereocenters. The van der Waals surface area contributed by atoms with Crippen LogP contribution >= 0.6 is 0 Å². The maximum absolute atomic E-state index is 11.9. The molecule has 1 fully saturated rings. The zero-order valence-electron chi connectivity index (χ0n) is 13.0. The fourth-order valence-corrected chi connectivity index (χ4v) is 2.86. The van der Waals surface area contributed by atoms with Crippen LogP contribution in [0, 0.1) is 5.41 Å².